The van der Waals surface area contributed by atoms with Crippen LogP contribution in [0.5, 0.6) is 17.2 Å². The van der Waals surface area contributed by atoms with Gasteiger partial charge in [-0.05, 0) is 90.6 Å². The first-order chi connectivity index (χ1) is 36.6. The van der Waals surface area contributed by atoms with Crippen LogP contribution in [-0.2, 0) is 58.5 Å². The van der Waals surface area contributed by atoms with Crippen molar-refractivity contribution in [3.05, 3.63) is 57.7 Å². The lowest BCUT2D eigenvalue weighted by Gasteiger charge is -2.45. The average Bonchev–Trinajstić information content (AvgIpc) is 3.41. The van der Waals surface area contributed by atoms with E-state index in [9.17, 15) is 50.4 Å². The summed E-state index contributed by atoms with van der Waals surface area (Å²) in [5, 5.41) is 88.0. The van der Waals surface area contributed by atoms with Gasteiger partial charge in [-0.15, -0.1) is 0 Å². The molecule has 8 N–H and O–H groups in total. The van der Waals surface area contributed by atoms with Crippen LogP contribution in [0.2, 0.25) is 0 Å². The summed E-state index contributed by atoms with van der Waals surface area (Å²) in [6.07, 6.45) is -16.2. The summed E-state index contributed by atoms with van der Waals surface area (Å²) < 4.78 is 74.1. The maximum atomic E-state index is 14.2. The number of carbonyl (C=O) groups is 2. The molecule has 22 heteroatoms. The molecule has 0 spiro atoms. The zero-order valence-corrected chi connectivity index (χ0v) is 44.2. The average molecular weight is 1090 g/mol. The lowest BCUT2D eigenvalue weighted by Crippen LogP contribution is -2.56. The monoisotopic (exact) mass is 1090 g/mol. The Balaban J connectivity index is 0.699. The summed E-state index contributed by atoms with van der Waals surface area (Å²) in [5.41, 5.74) is 0.302. The molecule has 426 valence electrons. The second-order valence-electron chi connectivity index (χ2n) is 22.1. The van der Waals surface area contributed by atoms with Gasteiger partial charge < -0.3 is 97.7 Å². The third kappa shape index (κ3) is 11.6. The van der Waals surface area contributed by atoms with E-state index >= 15 is 0 Å². The topological polar surface area (TPSA) is 307 Å². The van der Waals surface area contributed by atoms with Crippen molar-refractivity contribution in [3.8, 4) is 17.2 Å². The molecule has 6 saturated heterocycles. The number of ether oxygens (including phenoxy) is 12. The molecule has 10 rings (SSSR count). The van der Waals surface area contributed by atoms with Gasteiger partial charge in [0.25, 0.3) is 0 Å². The fourth-order valence-electron chi connectivity index (χ4n) is 12.2. The number of phenolic OH excluding ortho intramolecular Hbond substituents is 2. The van der Waals surface area contributed by atoms with Gasteiger partial charge in [-0.1, -0.05) is 6.07 Å². The second kappa shape index (κ2) is 23.0. The minimum atomic E-state index is -1.38. The van der Waals surface area contributed by atoms with Crippen molar-refractivity contribution < 1.29 is 107 Å². The Morgan fingerprint density at radius 1 is 0.481 bits per heavy atom. The maximum absolute atomic E-state index is 14.2. The van der Waals surface area contributed by atoms with Crippen molar-refractivity contribution in [3.63, 3.8) is 0 Å². The van der Waals surface area contributed by atoms with Gasteiger partial charge in [0.2, 0.25) is 6.29 Å². The Bertz CT molecular complexity index is 2480. The first kappa shape index (κ1) is 56.5. The number of fused-ring (bicyclic) bond motifs is 3. The predicted molar refractivity (Wildman–Crippen MR) is 264 cm³/mol. The van der Waals surface area contributed by atoms with E-state index in [1.165, 1.54) is 18.2 Å². The van der Waals surface area contributed by atoms with Crippen LogP contribution in [0.3, 0.4) is 0 Å². The molecule has 8 aliphatic rings. The Morgan fingerprint density at radius 3 is 1.58 bits per heavy atom. The normalized spacial score (nSPS) is 42.6. The van der Waals surface area contributed by atoms with E-state index < -0.39 is 159 Å². The second-order valence-corrected chi connectivity index (χ2v) is 22.1. The molecule has 0 amide bonds. The molecule has 2 aliphatic carbocycles. The molecule has 6 heterocycles. The lowest BCUT2D eigenvalue weighted by atomic mass is 9.72. The number of hydrogen-bond acceptors (Lipinski definition) is 22. The van der Waals surface area contributed by atoms with E-state index in [0.29, 0.717) is 36.8 Å². The van der Waals surface area contributed by atoms with Crippen LogP contribution in [0.25, 0.3) is 5.57 Å². The first-order valence-electron chi connectivity index (χ1n) is 27.1. The fraction of sp³-hybridized carbons (Fsp3) is 0.709. The summed E-state index contributed by atoms with van der Waals surface area (Å²) in [6.45, 7) is 12.2. The van der Waals surface area contributed by atoms with Crippen LogP contribution < -0.4 is 4.74 Å². The third-order valence-corrected chi connectivity index (χ3v) is 16.3. The van der Waals surface area contributed by atoms with E-state index in [-0.39, 0.29) is 71.4 Å². The predicted octanol–water partition coefficient (Wildman–Crippen LogP) is 2.85. The maximum Gasteiger partial charge on any atom is 0.202 e. The molecule has 6 aliphatic heterocycles. The van der Waals surface area contributed by atoms with Gasteiger partial charge in [-0.25, -0.2) is 0 Å². The highest BCUT2D eigenvalue weighted by Gasteiger charge is 2.49. The Labute approximate surface area is 445 Å². The Morgan fingerprint density at radius 2 is 1.00 bits per heavy atom. The number of ketones is 2. The summed E-state index contributed by atoms with van der Waals surface area (Å²) >= 11 is 0. The molecular weight excluding hydrogens is 1010 g/mol. The van der Waals surface area contributed by atoms with Crippen LogP contribution in [0.15, 0.2) is 29.8 Å². The van der Waals surface area contributed by atoms with Crippen LogP contribution >= 0.6 is 0 Å². The van der Waals surface area contributed by atoms with E-state index in [0.717, 1.165) is 0 Å². The Kier molecular flexibility index (Phi) is 16.9. The number of aliphatic hydroxyl groups excluding tert-OH is 6. The lowest BCUT2D eigenvalue weighted by molar-refractivity contribution is -0.340. The van der Waals surface area contributed by atoms with Crippen LogP contribution in [0.1, 0.15) is 130 Å². The fourth-order valence-corrected chi connectivity index (χ4v) is 12.2. The van der Waals surface area contributed by atoms with Gasteiger partial charge in [0.1, 0.15) is 41.7 Å². The van der Waals surface area contributed by atoms with Gasteiger partial charge in [-0.3, -0.25) is 9.59 Å². The number of aromatic hydroxyl groups is 2. The molecular formula is C55H74O22. The molecule has 0 unspecified atom stereocenters. The molecule has 0 radical (unpaired) electrons. The molecule has 6 fully saturated rings. The highest BCUT2D eigenvalue weighted by Crippen LogP contribution is 2.48. The van der Waals surface area contributed by atoms with Crippen LogP contribution in [0.4, 0.5) is 0 Å². The first-order valence-corrected chi connectivity index (χ1v) is 27.1. The number of benzene rings is 2. The number of aliphatic hydroxyl groups is 6. The Hall–Kier alpha value is -3.76. The van der Waals surface area contributed by atoms with E-state index in [1.807, 2.05) is 6.92 Å². The summed E-state index contributed by atoms with van der Waals surface area (Å²) in [4.78, 5) is 28.4. The summed E-state index contributed by atoms with van der Waals surface area (Å²) in [6, 6.07) is 5.70. The zero-order chi connectivity index (χ0) is 54.9. The number of carbonyl (C=O) groups excluding carboxylic acids is 2. The largest absolute Gasteiger partial charge is 0.507 e. The van der Waals surface area contributed by atoms with Crippen molar-refractivity contribution >= 4 is 17.1 Å². The van der Waals surface area contributed by atoms with E-state index in [2.05, 4.69) is 0 Å². The quantitative estimate of drug-likeness (QED) is 0.152. The molecule has 77 heavy (non-hydrogen) atoms. The van der Waals surface area contributed by atoms with Crippen molar-refractivity contribution in [1.82, 2.24) is 0 Å². The van der Waals surface area contributed by atoms with Gasteiger partial charge in [-0.2, -0.15) is 0 Å². The number of phenols is 2. The molecule has 0 aromatic heterocycles. The minimum absolute atomic E-state index is 0.0260. The van der Waals surface area contributed by atoms with Crippen molar-refractivity contribution in [2.75, 3.05) is 0 Å². The zero-order valence-electron chi connectivity index (χ0n) is 44.2. The highest BCUT2D eigenvalue weighted by atomic mass is 16.8. The molecule has 0 saturated carbocycles. The van der Waals surface area contributed by atoms with Gasteiger partial charge in [0.15, 0.2) is 43.0 Å². The van der Waals surface area contributed by atoms with Crippen molar-refractivity contribution in [2.24, 2.45) is 0 Å². The van der Waals surface area contributed by atoms with E-state index in [4.69, 9.17) is 56.8 Å². The van der Waals surface area contributed by atoms with Gasteiger partial charge in [0, 0.05) is 61.7 Å². The number of allylic oxidation sites excluding steroid dienone is 1. The van der Waals surface area contributed by atoms with E-state index in [1.54, 1.807) is 47.6 Å². The molecule has 23 atom stereocenters. The standard InChI is InChI=1S/C55H74O22/c1-21-14-28-16-32(59)47-49(45(28)31(58)15-21)53(65)46-30(57)8-10-36(48(46)52(47)64)73-42-18-34(61)55(27(7)71-42)77-44-20-38(51(63)25(5)69-44)75-40-13-11-35(23(3)67-40)72-41-17-33(60)54(26(6)70-41)76-43-19-37(50(62)24(4)68-43)74-39-12-9-29(56)22(2)66-39/h8,10,14-15,22-27,29,32-35,37-44,50-51,54-63H,9,11-13,16-20H2,1-7H3/t22-,23-,24+,25+,26+,27+,29-,32+,33+,34+,35-,37+,38+,39-,40-,41-,42-,43-,44-,50+,51+,54-,55-/m0/s1. The third-order valence-electron chi connectivity index (χ3n) is 16.3. The highest BCUT2D eigenvalue weighted by molar-refractivity contribution is 6.42. The van der Waals surface area contributed by atoms with Crippen molar-refractivity contribution in [1.29, 1.82) is 0 Å². The number of aryl methyl sites for hydroxylation is 1. The number of Topliss-reactive ketones (excluding diaryl/α,β-unsaturated/α-hetero) is 2. The SMILES string of the molecule is Cc1cc(O)c2c(c1)C[C@@H](O)C1=C2C(=O)c2c(O)ccc(O[C@H]3C[C@@H](O)[C@@H](O[C@H]4C[C@@H](O[C@H]5CC[C@H](O[C@H]6C[C@@H](O)[C@@H](O[C@H]7C[C@@H](O[C@H]8CC[C@H](O)[C@H](C)O8)[C@H](O)[C@@H](C)O7)[C@@H](C)O6)[C@H](C)O5)[C@H](O)[C@@H](C)O4)[C@@H](C)O3)c2C1=O. The van der Waals surface area contributed by atoms with Gasteiger partial charge in [0.05, 0.1) is 90.5 Å². The molecule has 22 nitrogen and oxygen atoms in total. The van der Waals surface area contributed by atoms with Crippen LogP contribution in [0, 0.1) is 6.92 Å². The van der Waals surface area contributed by atoms with Gasteiger partial charge >= 0.3 is 0 Å². The van der Waals surface area contributed by atoms with Crippen LogP contribution in [-0.4, -0.2) is 194 Å². The molecule has 2 aromatic carbocycles. The summed E-state index contributed by atoms with van der Waals surface area (Å²) in [5.74, 6) is -2.36. The number of rotatable bonds is 12. The van der Waals surface area contributed by atoms with Crippen molar-refractivity contribution in [2.45, 2.75) is 248 Å². The number of hydrogen-bond donors (Lipinski definition) is 8. The summed E-state index contributed by atoms with van der Waals surface area (Å²) in [7, 11) is 0. The molecule has 0 bridgehead atoms. The molecule has 2 aromatic rings. The smallest absolute Gasteiger partial charge is 0.202 e. The minimum Gasteiger partial charge on any atom is -0.507 e.